The van der Waals surface area contributed by atoms with Gasteiger partial charge in [-0.05, 0) is 65.9 Å². The lowest BCUT2D eigenvalue weighted by atomic mass is 10.1. The third-order valence-corrected chi connectivity index (χ3v) is 6.56. The van der Waals surface area contributed by atoms with E-state index in [1.807, 2.05) is 37.3 Å². The zero-order valence-electron chi connectivity index (χ0n) is 20.9. The molecule has 0 fully saturated rings. The van der Waals surface area contributed by atoms with E-state index in [4.69, 9.17) is 4.42 Å². The summed E-state index contributed by atoms with van der Waals surface area (Å²) >= 11 is 3.40. The molecule has 0 unspecified atom stereocenters. The second kappa shape index (κ2) is 10.6. The average molecular weight is 600 g/mol. The minimum absolute atomic E-state index is 0.183. The van der Waals surface area contributed by atoms with Gasteiger partial charge in [-0.3, -0.25) is 4.79 Å². The Hall–Kier alpha value is -5.04. The van der Waals surface area contributed by atoms with Crippen molar-refractivity contribution in [2.45, 2.75) is 13.5 Å². The van der Waals surface area contributed by atoms with Gasteiger partial charge in [-0.15, -0.1) is 10.2 Å². The molecule has 3 heterocycles. The molecule has 11 nitrogen and oxygen atoms in total. The molecule has 6 aromatic rings. The van der Waals surface area contributed by atoms with Gasteiger partial charge in [0.1, 0.15) is 29.3 Å². The lowest BCUT2D eigenvalue weighted by Crippen LogP contribution is -2.15. The van der Waals surface area contributed by atoms with Crippen LogP contribution in [0.2, 0.25) is 0 Å². The lowest BCUT2D eigenvalue weighted by molar-refractivity contribution is 0.102. The summed E-state index contributed by atoms with van der Waals surface area (Å²) in [5.74, 6) is 0.236. The van der Waals surface area contributed by atoms with Crippen molar-refractivity contribution in [2.24, 2.45) is 0 Å². The number of carbonyl (C=O) groups is 1. The summed E-state index contributed by atoms with van der Waals surface area (Å²) in [7, 11) is 0. The second-order valence-electron chi connectivity index (χ2n) is 8.75. The Morgan fingerprint density at radius 3 is 2.73 bits per heavy atom. The standard InChI is InChI=1S/C27H19BrFN9O2/c1-16-23(32-27(40-16)17-5-3-2-4-6-17)13-37-14-24(33-35-37)21-12-19(8-10-22(21)29)31-26(39)20-9-7-18(28)11-25(20)38-15-30-34-36-38/h2-12,14-15H,13H2,1H3,(H,31,39). The Kier molecular flexibility index (Phi) is 6.70. The van der Waals surface area contributed by atoms with E-state index in [0.717, 1.165) is 10.0 Å². The fourth-order valence-corrected chi connectivity index (χ4v) is 4.44. The van der Waals surface area contributed by atoms with Crippen LogP contribution in [-0.2, 0) is 6.54 Å². The van der Waals surface area contributed by atoms with Gasteiger partial charge >= 0.3 is 0 Å². The topological polar surface area (TPSA) is 129 Å². The Bertz CT molecular complexity index is 1820. The van der Waals surface area contributed by atoms with Crippen molar-refractivity contribution >= 4 is 27.5 Å². The van der Waals surface area contributed by atoms with E-state index in [2.05, 4.69) is 52.1 Å². The van der Waals surface area contributed by atoms with Gasteiger partial charge in [-0.2, -0.15) is 4.68 Å². The van der Waals surface area contributed by atoms with Gasteiger partial charge < -0.3 is 9.73 Å². The van der Waals surface area contributed by atoms with E-state index in [1.165, 1.54) is 29.2 Å². The molecule has 0 saturated heterocycles. The number of halogens is 2. The lowest BCUT2D eigenvalue weighted by Gasteiger charge is -2.11. The van der Waals surface area contributed by atoms with Crippen molar-refractivity contribution in [2.75, 3.05) is 5.32 Å². The molecule has 0 aliphatic heterocycles. The van der Waals surface area contributed by atoms with E-state index in [0.29, 0.717) is 40.0 Å². The van der Waals surface area contributed by atoms with Crippen molar-refractivity contribution in [3.63, 3.8) is 0 Å². The van der Waals surface area contributed by atoms with Crippen molar-refractivity contribution < 1.29 is 13.6 Å². The number of benzene rings is 3. The number of tetrazole rings is 1. The molecule has 3 aromatic heterocycles. The minimum atomic E-state index is -0.507. The summed E-state index contributed by atoms with van der Waals surface area (Å²) in [6, 6.07) is 18.9. The summed E-state index contributed by atoms with van der Waals surface area (Å²) in [6.07, 6.45) is 3.01. The molecule has 0 spiro atoms. The van der Waals surface area contributed by atoms with Gasteiger partial charge in [0.15, 0.2) is 0 Å². The van der Waals surface area contributed by atoms with Gasteiger partial charge in [0.25, 0.3) is 5.91 Å². The summed E-state index contributed by atoms with van der Waals surface area (Å²) < 4.78 is 24.4. The molecular formula is C27H19BrFN9O2. The van der Waals surface area contributed by atoms with Crippen molar-refractivity contribution in [3.8, 4) is 28.4 Å². The fourth-order valence-electron chi connectivity index (χ4n) is 4.09. The SMILES string of the molecule is Cc1oc(-c2ccccc2)nc1Cn1cc(-c2cc(NC(=O)c3ccc(Br)cc3-n3cnnn3)ccc2F)nn1. The molecule has 0 radical (unpaired) electrons. The number of nitrogens with zero attached hydrogens (tertiary/aromatic N) is 8. The summed E-state index contributed by atoms with van der Waals surface area (Å²) in [4.78, 5) is 17.8. The highest BCUT2D eigenvalue weighted by atomic mass is 79.9. The Balaban J connectivity index is 1.22. The van der Waals surface area contributed by atoms with E-state index < -0.39 is 11.7 Å². The van der Waals surface area contributed by atoms with Gasteiger partial charge in [0, 0.05) is 21.3 Å². The molecule has 3 aromatic carbocycles. The largest absolute Gasteiger partial charge is 0.441 e. The smallest absolute Gasteiger partial charge is 0.257 e. The number of anilines is 1. The highest BCUT2D eigenvalue weighted by Gasteiger charge is 2.18. The molecule has 0 saturated carbocycles. The van der Waals surface area contributed by atoms with Crippen LogP contribution in [0.15, 0.2) is 88.1 Å². The number of aromatic nitrogens is 8. The highest BCUT2D eigenvalue weighted by molar-refractivity contribution is 9.10. The van der Waals surface area contributed by atoms with E-state index >= 15 is 0 Å². The van der Waals surface area contributed by atoms with Crippen LogP contribution in [0, 0.1) is 12.7 Å². The molecule has 1 N–H and O–H groups in total. The average Bonchev–Trinajstić information content (AvgIpc) is 3.73. The molecule has 0 bridgehead atoms. The number of aryl methyl sites for hydroxylation is 1. The van der Waals surface area contributed by atoms with Crippen LogP contribution >= 0.6 is 15.9 Å². The first-order valence-corrected chi connectivity index (χ1v) is 12.8. The first-order valence-electron chi connectivity index (χ1n) is 12.0. The van der Waals surface area contributed by atoms with Crippen LogP contribution < -0.4 is 5.32 Å². The molecule has 0 aliphatic carbocycles. The maximum atomic E-state index is 14.9. The first-order chi connectivity index (χ1) is 19.4. The van der Waals surface area contributed by atoms with E-state index in [1.54, 1.807) is 29.1 Å². The normalized spacial score (nSPS) is 11.1. The van der Waals surface area contributed by atoms with Crippen LogP contribution in [0.4, 0.5) is 10.1 Å². The van der Waals surface area contributed by atoms with E-state index in [9.17, 15) is 9.18 Å². The van der Waals surface area contributed by atoms with Crippen molar-refractivity contribution in [3.05, 3.63) is 107 Å². The maximum Gasteiger partial charge on any atom is 0.257 e. The van der Waals surface area contributed by atoms with Gasteiger partial charge in [0.05, 0.1) is 24.0 Å². The second-order valence-corrected chi connectivity index (χ2v) is 9.67. The maximum absolute atomic E-state index is 14.9. The van der Waals surface area contributed by atoms with Crippen LogP contribution in [0.5, 0.6) is 0 Å². The molecule has 1 amide bonds. The predicted molar refractivity (Wildman–Crippen MR) is 146 cm³/mol. The monoisotopic (exact) mass is 599 g/mol. The Morgan fingerprint density at radius 2 is 1.93 bits per heavy atom. The molecule has 40 heavy (non-hydrogen) atoms. The van der Waals surface area contributed by atoms with Gasteiger partial charge in [0.2, 0.25) is 5.89 Å². The van der Waals surface area contributed by atoms with Gasteiger partial charge in [-0.1, -0.05) is 39.3 Å². The van der Waals surface area contributed by atoms with Crippen LogP contribution in [0.25, 0.3) is 28.4 Å². The zero-order chi connectivity index (χ0) is 27.6. The number of oxazole rings is 1. The number of hydrogen-bond acceptors (Lipinski definition) is 8. The zero-order valence-corrected chi connectivity index (χ0v) is 22.4. The molecule has 198 valence electrons. The minimum Gasteiger partial charge on any atom is -0.441 e. The highest BCUT2D eigenvalue weighted by Crippen LogP contribution is 2.27. The van der Waals surface area contributed by atoms with Crippen LogP contribution in [0.1, 0.15) is 21.8 Å². The number of carbonyl (C=O) groups excluding carboxylic acids is 1. The third-order valence-electron chi connectivity index (χ3n) is 6.06. The molecular weight excluding hydrogens is 581 g/mol. The fraction of sp³-hybridized carbons (Fsp3) is 0.0741. The van der Waals surface area contributed by atoms with Crippen molar-refractivity contribution in [1.29, 1.82) is 0 Å². The molecule has 0 aliphatic rings. The Morgan fingerprint density at radius 1 is 1.07 bits per heavy atom. The number of amides is 1. The Labute approximate surface area is 234 Å². The van der Waals surface area contributed by atoms with Crippen LogP contribution in [0.3, 0.4) is 0 Å². The quantitative estimate of drug-likeness (QED) is 0.269. The van der Waals surface area contributed by atoms with Gasteiger partial charge in [-0.25, -0.2) is 14.1 Å². The van der Waals surface area contributed by atoms with Crippen molar-refractivity contribution in [1.82, 2.24) is 40.2 Å². The third kappa shape index (κ3) is 5.14. The van der Waals surface area contributed by atoms with E-state index in [-0.39, 0.29) is 12.1 Å². The molecule has 13 heteroatoms. The predicted octanol–water partition coefficient (Wildman–Crippen LogP) is 5.09. The summed E-state index contributed by atoms with van der Waals surface area (Å²) in [5, 5.41) is 22.2. The summed E-state index contributed by atoms with van der Waals surface area (Å²) in [5.41, 5.74) is 3.21. The number of rotatable bonds is 7. The van der Waals surface area contributed by atoms with Crippen LogP contribution in [-0.4, -0.2) is 46.1 Å². The summed E-state index contributed by atoms with van der Waals surface area (Å²) in [6.45, 7) is 2.12. The molecule has 6 rings (SSSR count). The molecule has 0 atom stereocenters. The number of hydrogen-bond donors (Lipinski definition) is 1. The first kappa shape index (κ1) is 25.2. The number of nitrogens with one attached hydrogen (secondary N) is 1.